The number of nitrogens with one attached hydrogen (secondary N) is 1. The zero-order valence-corrected chi connectivity index (χ0v) is 13.4. The molecule has 1 aliphatic heterocycles. The number of ether oxygens (including phenoxy) is 1. The number of hydrogen-bond acceptors (Lipinski definition) is 7. The maximum Gasteiger partial charge on any atom is 0.231 e. The fourth-order valence-electron chi connectivity index (χ4n) is 1.94. The van der Waals surface area contributed by atoms with Crippen LogP contribution in [0.1, 0.15) is 4.88 Å². The van der Waals surface area contributed by atoms with Crippen LogP contribution in [0.15, 0.2) is 12.1 Å². The molecule has 0 aliphatic carbocycles. The average Bonchev–Trinajstić information content (AvgIpc) is 2.91. The Hall–Kier alpha value is -1.15. The summed E-state index contributed by atoms with van der Waals surface area (Å²) in [6.45, 7) is 3.43. The molecule has 3 heterocycles. The molecule has 0 atom stereocenters. The minimum absolute atomic E-state index is 0.179. The zero-order valence-electron chi connectivity index (χ0n) is 11.1. The summed E-state index contributed by atoms with van der Waals surface area (Å²) < 4.78 is 6.08. The fourth-order valence-corrected chi connectivity index (χ4v) is 3.12. The first-order valence-electron chi connectivity index (χ1n) is 6.43. The van der Waals surface area contributed by atoms with Crippen molar-refractivity contribution in [1.82, 2.24) is 15.0 Å². The van der Waals surface area contributed by atoms with Crippen LogP contribution in [0.5, 0.6) is 0 Å². The van der Waals surface area contributed by atoms with Crippen molar-refractivity contribution in [3.8, 4) is 0 Å². The maximum absolute atomic E-state index is 5.98. The van der Waals surface area contributed by atoms with Crippen molar-refractivity contribution in [3.63, 3.8) is 0 Å². The number of morpholine rings is 1. The highest BCUT2D eigenvalue weighted by Gasteiger charge is 2.16. The van der Waals surface area contributed by atoms with Crippen LogP contribution in [-0.2, 0) is 11.3 Å². The molecule has 1 aliphatic rings. The molecule has 9 heteroatoms. The second-order valence-electron chi connectivity index (χ2n) is 4.39. The quantitative estimate of drug-likeness (QED) is 0.918. The van der Waals surface area contributed by atoms with Gasteiger partial charge in [-0.25, -0.2) is 0 Å². The molecule has 0 spiro atoms. The molecule has 3 rings (SSSR count). The third-order valence-electron chi connectivity index (χ3n) is 2.94. The molecule has 21 heavy (non-hydrogen) atoms. The van der Waals surface area contributed by atoms with Crippen molar-refractivity contribution < 1.29 is 4.74 Å². The van der Waals surface area contributed by atoms with E-state index in [4.69, 9.17) is 27.9 Å². The average molecular weight is 346 g/mol. The van der Waals surface area contributed by atoms with E-state index in [0.717, 1.165) is 22.3 Å². The molecule has 0 amide bonds. The highest BCUT2D eigenvalue weighted by molar-refractivity contribution is 7.16. The topological polar surface area (TPSA) is 63.2 Å². The van der Waals surface area contributed by atoms with Gasteiger partial charge >= 0.3 is 0 Å². The van der Waals surface area contributed by atoms with Crippen LogP contribution in [0.4, 0.5) is 11.9 Å². The van der Waals surface area contributed by atoms with Crippen molar-refractivity contribution in [3.05, 3.63) is 26.6 Å². The van der Waals surface area contributed by atoms with Crippen LogP contribution in [-0.4, -0.2) is 41.3 Å². The van der Waals surface area contributed by atoms with Crippen molar-refractivity contribution in [1.29, 1.82) is 0 Å². The summed E-state index contributed by atoms with van der Waals surface area (Å²) >= 11 is 13.4. The van der Waals surface area contributed by atoms with E-state index in [1.807, 2.05) is 17.0 Å². The van der Waals surface area contributed by atoms with Gasteiger partial charge in [-0.2, -0.15) is 15.0 Å². The second kappa shape index (κ2) is 6.74. The van der Waals surface area contributed by atoms with Crippen LogP contribution >= 0.6 is 34.5 Å². The SMILES string of the molecule is Clc1nc(NCc2ccc(Cl)s2)nc(N2CCOCC2)n1. The molecular weight excluding hydrogens is 333 g/mol. The van der Waals surface area contributed by atoms with Gasteiger partial charge in [0.25, 0.3) is 0 Å². The predicted octanol–water partition coefficient (Wildman–Crippen LogP) is 2.69. The number of rotatable bonds is 4. The standard InChI is InChI=1S/C12H13Cl2N5OS/c13-9-2-1-8(21-9)7-15-11-16-10(14)17-12(18-11)19-3-5-20-6-4-19/h1-2H,3-7H2,(H,15,16,17,18). The first kappa shape index (κ1) is 14.8. The number of halogens is 2. The Balaban J connectivity index is 1.71. The first-order chi connectivity index (χ1) is 10.2. The minimum Gasteiger partial charge on any atom is -0.378 e. The fraction of sp³-hybridized carbons (Fsp3) is 0.417. The number of hydrogen-bond donors (Lipinski definition) is 1. The zero-order chi connectivity index (χ0) is 14.7. The van der Waals surface area contributed by atoms with E-state index >= 15 is 0 Å². The van der Waals surface area contributed by atoms with E-state index in [0.29, 0.717) is 31.7 Å². The molecular formula is C12H13Cl2N5OS. The number of nitrogens with zero attached hydrogens (tertiary/aromatic N) is 4. The van der Waals surface area contributed by atoms with Gasteiger partial charge in [0.15, 0.2) is 0 Å². The van der Waals surface area contributed by atoms with Crippen LogP contribution in [0, 0.1) is 0 Å². The van der Waals surface area contributed by atoms with Gasteiger partial charge in [-0.05, 0) is 23.7 Å². The molecule has 0 aromatic carbocycles. The van der Waals surface area contributed by atoms with Gasteiger partial charge in [-0.15, -0.1) is 11.3 Å². The summed E-state index contributed by atoms with van der Waals surface area (Å²) in [5.41, 5.74) is 0. The van der Waals surface area contributed by atoms with Gasteiger partial charge in [-0.1, -0.05) is 11.6 Å². The lowest BCUT2D eigenvalue weighted by molar-refractivity contribution is 0.122. The first-order valence-corrected chi connectivity index (χ1v) is 8.00. The van der Waals surface area contributed by atoms with Crippen LogP contribution in [0.25, 0.3) is 0 Å². The lowest BCUT2D eigenvalue weighted by Crippen LogP contribution is -2.37. The Labute approximate surface area is 136 Å². The lowest BCUT2D eigenvalue weighted by atomic mass is 10.4. The van der Waals surface area contributed by atoms with Gasteiger partial charge in [0.1, 0.15) is 0 Å². The van der Waals surface area contributed by atoms with Crippen LogP contribution in [0.2, 0.25) is 9.62 Å². The third kappa shape index (κ3) is 3.94. The van der Waals surface area contributed by atoms with Gasteiger partial charge in [0.05, 0.1) is 24.1 Å². The van der Waals surface area contributed by atoms with Gasteiger partial charge in [-0.3, -0.25) is 0 Å². The van der Waals surface area contributed by atoms with Crippen molar-refractivity contribution in [2.75, 3.05) is 36.5 Å². The minimum atomic E-state index is 0.179. The molecule has 0 bridgehead atoms. The molecule has 1 saturated heterocycles. The summed E-state index contributed by atoms with van der Waals surface area (Å²) in [6, 6.07) is 3.83. The number of anilines is 2. The highest BCUT2D eigenvalue weighted by Crippen LogP contribution is 2.22. The summed E-state index contributed by atoms with van der Waals surface area (Å²) in [5.74, 6) is 1.03. The lowest BCUT2D eigenvalue weighted by Gasteiger charge is -2.26. The molecule has 112 valence electrons. The van der Waals surface area contributed by atoms with E-state index in [1.165, 1.54) is 11.3 Å². The summed E-state index contributed by atoms with van der Waals surface area (Å²) in [7, 11) is 0. The second-order valence-corrected chi connectivity index (χ2v) is 6.52. The normalized spacial score (nSPS) is 15.2. The van der Waals surface area contributed by atoms with Gasteiger partial charge in [0.2, 0.25) is 17.2 Å². The summed E-state index contributed by atoms with van der Waals surface area (Å²) in [5, 5.41) is 3.32. The number of aromatic nitrogens is 3. The van der Waals surface area contributed by atoms with Gasteiger partial charge in [0, 0.05) is 18.0 Å². The molecule has 6 nitrogen and oxygen atoms in total. The predicted molar refractivity (Wildman–Crippen MR) is 84.5 cm³/mol. The molecule has 0 unspecified atom stereocenters. The monoisotopic (exact) mass is 345 g/mol. The molecule has 2 aromatic heterocycles. The van der Waals surface area contributed by atoms with E-state index in [2.05, 4.69) is 20.3 Å². The van der Waals surface area contributed by atoms with Crippen molar-refractivity contribution in [2.24, 2.45) is 0 Å². The largest absolute Gasteiger partial charge is 0.378 e. The smallest absolute Gasteiger partial charge is 0.231 e. The van der Waals surface area contributed by atoms with Gasteiger partial charge < -0.3 is 15.0 Å². The molecule has 2 aromatic rings. The molecule has 0 saturated carbocycles. The van der Waals surface area contributed by atoms with E-state index < -0.39 is 0 Å². The Morgan fingerprint density at radius 1 is 1.19 bits per heavy atom. The Kier molecular flexibility index (Phi) is 4.74. The number of thiophene rings is 1. The Morgan fingerprint density at radius 3 is 2.71 bits per heavy atom. The van der Waals surface area contributed by atoms with Crippen LogP contribution in [0.3, 0.4) is 0 Å². The van der Waals surface area contributed by atoms with Crippen LogP contribution < -0.4 is 10.2 Å². The highest BCUT2D eigenvalue weighted by atomic mass is 35.5. The Bertz CT molecular complexity index is 617. The molecule has 0 radical (unpaired) electrons. The third-order valence-corrected chi connectivity index (χ3v) is 4.34. The Morgan fingerprint density at radius 2 is 2.00 bits per heavy atom. The van der Waals surface area contributed by atoms with E-state index in [1.54, 1.807) is 0 Å². The maximum atomic E-state index is 5.98. The van der Waals surface area contributed by atoms with E-state index in [9.17, 15) is 0 Å². The summed E-state index contributed by atoms with van der Waals surface area (Å²) in [4.78, 5) is 15.8. The van der Waals surface area contributed by atoms with Crippen molar-refractivity contribution >= 4 is 46.4 Å². The summed E-state index contributed by atoms with van der Waals surface area (Å²) in [6.07, 6.45) is 0. The molecule has 1 N–H and O–H groups in total. The van der Waals surface area contributed by atoms with E-state index in [-0.39, 0.29) is 5.28 Å². The van der Waals surface area contributed by atoms with Crippen molar-refractivity contribution in [2.45, 2.75) is 6.54 Å². The molecule has 1 fully saturated rings.